The minimum Gasteiger partial charge on any atom is -0.481 e. The smallest absolute Gasteiger partial charge is 0.319 e. The molecular weight excluding hydrogens is 278 g/mol. The molecule has 0 heterocycles. The summed E-state index contributed by atoms with van der Waals surface area (Å²) in [6.45, 7) is 4.57. The maximum atomic E-state index is 11.7. The van der Waals surface area contributed by atoms with Crippen LogP contribution in [0.5, 0.6) is 0 Å². The van der Waals surface area contributed by atoms with Crippen molar-refractivity contribution >= 4 is 23.4 Å². The van der Waals surface area contributed by atoms with Crippen LogP contribution in [-0.4, -0.2) is 28.6 Å². The molecule has 0 aliphatic heterocycles. The van der Waals surface area contributed by atoms with Gasteiger partial charge < -0.3 is 15.7 Å². The number of carboxylic acid groups (broad SMARTS) is 1. The van der Waals surface area contributed by atoms with Gasteiger partial charge in [-0.25, -0.2) is 4.79 Å². The predicted molar refractivity (Wildman–Crippen MR) is 76.3 cm³/mol. The van der Waals surface area contributed by atoms with Gasteiger partial charge in [-0.15, -0.1) is 0 Å². The van der Waals surface area contributed by atoms with E-state index in [1.54, 1.807) is 6.92 Å². The molecule has 0 aliphatic carbocycles. The number of anilines is 1. The summed E-state index contributed by atoms with van der Waals surface area (Å²) in [7, 11) is 0. The standard InChI is InChI=1S/C13H17N3O5/c1-8-6-9(16(20)21)4-5-10(8)15-12(19)14-7-13(2,3)11(17)18/h4-6H,7H2,1-3H3,(H,17,18)(H2,14,15,19). The number of nitrogens with one attached hydrogen (secondary N) is 2. The van der Waals surface area contributed by atoms with Crippen molar-refractivity contribution in [2.45, 2.75) is 20.8 Å². The first-order valence-electron chi connectivity index (χ1n) is 6.17. The lowest BCUT2D eigenvalue weighted by atomic mass is 9.94. The number of carboxylic acids is 1. The van der Waals surface area contributed by atoms with Crippen LogP contribution in [0.4, 0.5) is 16.2 Å². The minimum atomic E-state index is -1.08. The third-order valence-electron chi connectivity index (χ3n) is 2.94. The Bertz CT molecular complexity index is 583. The summed E-state index contributed by atoms with van der Waals surface area (Å²) in [5, 5.41) is 24.5. The third kappa shape index (κ3) is 4.44. The molecule has 2 amide bonds. The lowest BCUT2D eigenvalue weighted by Crippen LogP contribution is -2.40. The number of nitro benzene ring substituents is 1. The highest BCUT2D eigenvalue weighted by atomic mass is 16.6. The molecule has 21 heavy (non-hydrogen) atoms. The molecule has 0 radical (unpaired) electrons. The van der Waals surface area contributed by atoms with E-state index in [-0.39, 0.29) is 12.2 Å². The zero-order valence-electron chi connectivity index (χ0n) is 12.0. The molecule has 0 aliphatic rings. The van der Waals surface area contributed by atoms with Crippen molar-refractivity contribution in [1.29, 1.82) is 0 Å². The lowest BCUT2D eigenvalue weighted by Gasteiger charge is -2.19. The fourth-order valence-electron chi connectivity index (χ4n) is 1.45. The van der Waals surface area contributed by atoms with Crippen molar-refractivity contribution in [2.24, 2.45) is 5.41 Å². The van der Waals surface area contributed by atoms with E-state index in [4.69, 9.17) is 5.11 Å². The second kappa shape index (κ2) is 6.21. The number of amides is 2. The maximum Gasteiger partial charge on any atom is 0.319 e. The number of benzene rings is 1. The normalized spacial score (nSPS) is 10.8. The van der Waals surface area contributed by atoms with Crippen LogP contribution in [0.2, 0.25) is 0 Å². The minimum absolute atomic E-state index is 0.0415. The molecule has 0 fully saturated rings. The molecule has 1 aromatic carbocycles. The SMILES string of the molecule is Cc1cc([N+](=O)[O-])ccc1NC(=O)NCC(C)(C)C(=O)O. The third-order valence-corrected chi connectivity index (χ3v) is 2.94. The fraction of sp³-hybridized carbons (Fsp3) is 0.385. The number of nitro groups is 1. The first-order valence-corrected chi connectivity index (χ1v) is 6.17. The van der Waals surface area contributed by atoms with E-state index >= 15 is 0 Å². The van der Waals surface area contributed by atoms with Gasteiger partial charge in [0.1, 0.15) is 0 Å². The highest BCUT2D eigenvalue weighted by molar-refractivity contribution is 5.90. The molecule has 8 nitrogen and oxygen atoms in total. The van der Waals surface area contributed by atoms with Crippen molar-refractivity contribution in [3.8, 4) is 0 Å². The second-order valence-electron chi connectivity index (χ2n) is 5.25. The molecule has 0 unspecified atom stereocenters. The van der Waals surface area contributed by atoms with E-state index in [1.165, 1.54) is 32.0 Å². The zero-order valence-corrected chi connectivity index (χ0v) is 12.0. The maximum absolute atomic E-state index is 11.7. The Hall–Kier alpha value is -2.64. The van der Waals surface area contributed by atoms with E-state index < -0.39 is 22.3 Å². The molecule has 3 N–H and O–H groups in total. The fourth-order valence-corrected chi connectivity index (χ4v) is 1.45. The van der Waals surface area contributed by atoms with Gasteiger partial charge in [-0.1, -0.05) is 0 Å². The van der Waals surface area contributed by atoms with Gasteiger partial charge in [-0.3, -0.25) is 14.9 Å². The van der Waals surface area contributed by atoms with Crippen LogP contribution in [-0.2, 0) is 4.79 Å². The van der Waals surface area contributed by atoms with E-state index in [0.29, 0.717) is 11.3 Å². The molecule has 114 valence electrons. The van der Waals surface area contributed by atoms with Crippen molar-refractivity contribution in [1.82, 2.24) is 5.32 Å². The number of non-ortho nitro benzene ring substituents is 1. The molecule has 0 bridgehead atoms. The molecular formula is C13H17N3O5. The molecule has 0 saturated heterocycles. The van der Waals surface area contributed by atoms with Crippen LogP contribution in [0.25, 0.3) is 0 Å². The summed E-state index contributed by atoms with van der Waals surface area (Å²) in [5.41, 5.74) is -0.185. The summed E-state index contributed by atoms with van der Waals surface area (Å²) in [6.07, 6.45) is 0. The largest absolute Gasteiger partial charge is 0.481 e. The Morgan fingerprint density at radius 3 is 2.48 bits per heavy atom. The number of hydrogen-bond donors (Lipinski definition) is 3. The Morgan fingerprint density at radius 1 is 1.38 bits per heavy atom. The van der Waals surface area contributed by atoms with Crippen LogP contribution in [0.1, 0.15) is 19.4 Å². The van der Waals surface area contributed by atoms with E-state index in [1.807, 2.05) is 0 Å². The Labute approximate surface area is 121 Å². The van der Waals surface area contributed by atoms with Crippen molar-refractivity contribution in [2.75, 3.05) is 11.9 Å². The second-order valence-corrected chi connectivity index (χ2v) is 5.25. The van der Waals surface area contributed by atoms with E-state index in [0.717, 1.165) is 0 Å². The Kier molecular flexibility index (Phi) is 4.85. The number of aliphatic carboxylic acids is 1. The van der Waals surface area contributed by atoms with Gasteiger partial charge in [0.05, 0.1) is 10.3 Å². The number of carbonyl (C=O) groups is 2. The molecule has 1 aromatic rings. The van der Waals surface area contributed by atoms with Crippen molar-refractivity contribution in [3.63, 3.8) is 0 Å². The molecule has 0 spiro atoms. The predicted octanol–water partition coefficient (Wildman–Crippen LogP) is 2.14. The van der Waals surface area contributed by atoms with Gasteiger partial charge in [0, 0.05) is 24.4 Å². The summed E-state index contributed by atoms with van der Waals surface area (Å²) in [6, 6.07) is 3.48. The quantitative estimate of drug-likeness (QED) is 0.567. The Balaban J connectivity index is 2.68. The monoisotopic (exact) mass is 295 g/mol. The summed E-state index contributed by atoms with van der Waals surface area (Å²) in [4.78, 5) is 32.7. The molecule has 1 rings (SSSR count). The van der Waals surface area contributed by atoms with Gasteiger partial charge in [0.15, 0.2) is 0 Å². The highest BCUT2D eigenvalue weighted by Crippen LogP contribution is 2.21. The van der Waals surface area contributed by atoms with Crippen LogP contribution in [0.3, 0.4) is 0 Å². The summed E-state index contributed by atoms with van der Waals surface area (Å²) in [5.74, 6) is -1.02. The van der Waals surface area contributed by atoms with Gasteiger partial charge in [0.2, 0.25) is 0 Å². The van der Waals surface area contributed by atoms with Crippen LogP contribution in [0.15, 0.2) is 18.2 Å². The van der Waals surface area contributed by atoms with Crippen LogP contribution in [0, 0.1) is 22.5 Å². The molecule has 0 saturated carbocycles. The first-order chi connectivity index (χ1) is 9.63. The average Bonchev–Trinajstić information content (AvgIpc) is 2.38. The lowest BCUT2D eigenvalue weighted by molar-refractivity contribution is -0.384. The number of aryl methyl sites for hydroxylation is 1. The topological polar surface area (TPSA) is 122 Å². The van der Waals surface area contributed by atoms with E-state index in [9.17, 15) is 19.7 Å². The average molecular weight is 295 g/mol. The van der Waals surface area contributed by atoms with Crippen molar-refractivity contribution in [3.05, 3.63) is 33.9 Å². The van der Waals surface area contributed by atoms with Gasteiger partial charge >= 0.3 is 12.0 Å². The molecule has 8 heteroatoms. The molecule has 0 atom stereocenters. The Morgan fingerprint density at radius 2 is 2.00 bits per heavy atom. The first kappa shape index (κ1) is 16.4. The van der Waals surface area contributed by atoms with E-state index in [2.05, 4.69) is 10.6 Å². The zero-order chi connectivity index (χ0) is 16.2. The van der Waals surface area contributed by atoms with Gasteiger partial charge in [-0.05, 0) is 32.4 Å². The summed E-state index contributed by atoms with van der Waals surface area (Å²) < 4.78 is 0. The van der Waals surface area contributed by atoms with Crippen LogP contribution < -0.4 is 10.6 Å². The van der Waals surface area contributed by atoms with Crippen molar-refractivity contribution < 1.29 is 19.6 Å². The number of rotatable bonds is 5. The number of urea groups is 1. The number of nitrogens with zero attached hydrogens (tertiary/aromatic N) is 1. The molecule has 0 aromatic heterocycles. The van der Waals surface area contributed by atoms with Crippen LogP contribution >= 0.6 is 0 Å². The summed E-state index contributed by atoms with van der Waals surface area (Å²) >= 11 is 0. The highest BCUT2D eigenvalue weighted by Gasteiger charge is 2.27. The number of hydrogen-bond acceptors (Lipinski definition) is 4. The van der Waals surface area contributed by atoms with Gasteiger partial charge in [-0.2, -0.15) is 0 Å². The van der Waals surface area contributed by atoms with Gasteiger partial charge in [0.25, 0.3) is 5.69 Å². The number of carbonyl (C=O) groups excluding carboxylic acids is 1.